The maximum absolute atomic E-state index is 13.0. The Morgan fingerprint density at radius 2 is 0.794 bits per heavy atom. The Morgan fingerprint density at radius 1 is 0.588 bits per heavy atom. The summed E-state index contributed by atoms with van der Waals surface area (Å²) in [6, 6.07) is 0. The summed E-state index contributed by atoms with van der Waals surface area (Å²) in [4.78, 5) is 25.0. The van der Waals surface area contributed by atoms with Crippen LogP contribution < -0.4 is 41.6 Å². The highest BCUT2D eigenvalue weighted by atomic mass is 127. The molecule has 0 aliphatic heterocycles. The zero-order chi connectivity index (χ0) is 24.9. The van der Waals surface area contributed by atoms with Crippen LogP contribution in [0.25, 0.3) is 20.9 Å². The Bertz CT molecular complexity index is 1030. The molecule has 11 nitrogen and oxygen atoms in total. The minimum absolute atomic E-state index is 0. The van der Waals surface area contributed by atoms with Crippen molar-refractivity contribution in [1.82, 2.24) is 6.15 Å². The summed E-state index contributed by atoms with van der Waals surface area (Å²) in [5.74, 6) is -19.3. The maximum Gasteiger partial charge on any atom is 0.254 e. The van der Waals surface area contributed by atoms with Gasteiger partial charge in [-0.3, -0.25) is 9.59 Å². The molecule has 0 unspecified atom stereocenters. The van der Waals surface area contributed by atoms with Gasteiger partial charge >= 0.3 is 0 Å². The van der Waals surface area contributed by atoms with Crippen molar-refractivity contribution in [3.63, 3.8) is 0 Å². The van der Waals surface area contributed by atoms with Crippen LogP contribution in [0.15, 0.2) is 10.2 Å². The van der Waals surface area contributed by atoms with Gasteiger partial charge in [-0.2, -0.15) is 0 Å². The lowest BCUT2D eigenvalue weighted by Gasteiger charge is -2.05. The molecule has 2 rings (SSSR count). The number of carbonyl (C=O) groups excluding carboxylic acids is 2. The highest BCUT2D eigenvalue weighted by Crippen LogP contribution is 2.31. The Morgan fingerprint density at radius 3 is 0.941 bits per heavy atom. The van der Waals surface area contributed by atoms with Crippen molar-refractivity contribution in [2.75, 3.05) is 0 Å². The molecule has 0 aromatic heterocycles. The van der Waals surface area contributed by atoms with Crippen LogP contribution in [-0.4, -0.2) is 11.8 Å². The topological polar surface area (TPSA) is 220 Å². The van der Waals surface area contributed by atoms with Crippen molar-refractivity contribution >= 4 is 23.2 Å². The lowest BCUT2D eigenvalue weighted by atomic mass is 10.1. The number of carbonyl (C=O) groups is 2. The summed E-state index contributed by atoms with van der Waals surface area (Å²) in [6.07, 6.45) is 0. The number of primary amides is 2. The van der Waals surface area contributed by atoms with E-state index >= 15 is 0 Å². The molecule has 0 heterocycles. The van der Waals surface area contributed by atoms with E-state index in [9.17, 15) is 44.7 Å². The van der Waals surface area contributed by atoms with E-state index < -0.39 is 80.9 Å². The van der Waals surface area contributed by atoms with Gasteiger partial charge in [-0.05, 0) is 11.1 Å². The lowest BCUT2D eigenvalue weighted by molar-refractivity contribution is -0.0000282. The van der Waals surface area contributed by atoms with E-state index in [1.54, 1.807) is 0 Å². The molecule has 0 atom stereocenters. The number of azide groups is 2. The van der Waals surface area contributed by atoms with Crippen molar-refractivity contribution in [2.24, 2.45) is 21.7 Å². The van der Waals surface area contributed by atoms with E-state index in [2.05, 4.69) is 21.7 Å². The van der Waals surface area contributed by atoms with Gasteiger partial charge in [0.2, 0.25) is 0 Å². The molecule has 34 heavy (non-hydrogen) atoms. The van der Waals surface area contributed by atoms with E-state index in [1.807, 2.05) is 9.82 Å². The van der Waals surface area contributed by atoms with Crippen molar-refractivity contribution in [3.8, 4) is 0 Å². The number of amides is 2. The first kappa shape index (κ1) is 32.3. The van der Waals surface area contributed by atoms with Gasteiger partial charge in [0.15, 0.2) is 46.5 Å². The SMILES string of the molecule is [I-].[N-]=[N+]=Nc1c(F)c(F)c(C(N)=O)c(F)c1F.[N-]=[N+]=Nc1c(F)c(F)c(C(N)=O)c(F)c1F.[NH4+]. The van der Waals surface area contributed by atoms with Gasteiger partial charge in [0.25, 0.3) is 11.8 Å². The molecule has 2 amide bonds. The van der Waals surface area contributed by atoms with E-state index in [-0.39, 0.29) is 30.1 Å². The fourth-order valence-corrected chi connectivity index (χ4v) is 1.94. The van der Waals surface area contributed by atoms with Gasteiger partial charge < -0.3 is 41.6 Å². The number of nitrogens with zero attached hydrogens (tertiary/aromatic N) is 6. The third-order valence-electron chi connectivity index (χ3n) is 3.26. The summed E-state index contributed by atoms with van der Waals surface area (Å²) >= 11 is 0. The monoisotopic (exact) mass is 613 g/mol. The molecule has 0 bridgehead atoms. The third-order valence-corrected chi connectivity index (χ3v) is 3.26. The average Bonchev–Trinajstić information content (AvgIpc) is 2.71. The first-order valence-electron chi connectivity index (χ1n) is 7.24. The second-order valence-corrected chi connectivity index (χ2v) is 5.07. The van der Waals surface area contributed by atoms with Gasteiger partial charge in [0, 0.05) is 9.82 Å². The average molecular weight is 613 g/mol. The number of hydrogen-bond donors (Lipinski definition) is 3. The molecule has 0 spiro atoms. The number of quaternary nitrogens is 1. The number of hydrogen-bond acceptors (Lipinski definition) is 4. The van der Waals surface area contributed by atoms with Crippen molar-refractivity contribution < 1.29 is 68.7 Å². The molecule has 0 saturated heterocycles. The molecule has 2 aromatic carbocycles. The molecule has 0 saturated carbocycles. The first-order valence-corrected chi connectivity index (χ1v) is 7.24. The molecule has 0 fully saturated rings. The third kappa shape index (κ3) is 6.13. The Labute approximate surface area is 198 Å². The van der Waals surface area contributed by atoms with Crippen LogP contribution in [0.1, 0.15) is 20.7 Å². The summed E-state index contributed by atoms with van der Waals surface area (Å²) < 4.78 is 104. The highest BCUT2D eigenvalue weighted by molar-refractivity contribution is 5.94. The molecule has 20 heteroatoms. The normalized spacial score (nSPS) is 9.18. The number of nitrogens with two attached hydrogens (primary N) is 2. The minimum atomic E-state index is -2.01. The van der Waals surface area contributed by atoms with Gasteiger partial charge in [0.1, 0.15) is 22.5 Å². The van der Waals surface area contributed by atoms with Crippen molar-refractivity contribution in [1.29, 1.82) is 0 Å². The molecule has 0 aliphatic rings. The zero-order valence-electron chi connectivity index (χ0n) is 16.1. The fraction of sp³-hybridized carbons (Fsp3) is 0. The van der Waals surface area contributed by atoms with Crippen LogP contribution in [0.2, 0.25) is 0 Å². The lowest BCUT2D eigenvalue weighted by Crippen LogP contribution is -3.00. The smallest absolute Gasteiger partial charge is 0.254 e. The summed E-state index contributed by atoms with van der Waals surface area (Å²) in [6.45, 7) is 0. The maximum atomic E-state index is 13.0. The zero-order valence-corrected chi connectivity index (χ0v) is 18.2. The second kappa shape index (κ2) is 13.0. The first-order chi connectivity index (χ1) is 14.8. The van der Waals surface area contributed by atoms with E-state index in [1.165, 1.54) is 0 Å². The van der Waals surface area contributed by atoms with Crippen LogP contribution in [0, 0.1) is 46.5 Å². The van der Waals surface area contributed by atoms with Gasteiger partial charge in [0.05, 0.1) is 0 Å². The van der Waals surface area contributed by atoms with E-state index in [0.29, 0.717) is 0 Å². The van der Waals surface area contributed by atoms with Crippen molar-refractivity contribution in [2.45, 2.75) is 0 Å². The molecule has 2 aromatic rings. The van der Waals surface area contributed by atoms with Gasteiger partial charge in [-0.25, -0.2) is 35.1 Å². The molecule has 8 N–H and O–H groups in total. The molecule has 0 aliphatic carbocycles. The fourth-order valence-electron chi connectivity index (χ4n) is 1.94. The summed E-state index contributed by atoms with van der Waals surface area (Å²) in [5.41, 5.74) is 18.8. The predicted molar refractivity (Wildman–Crippen MR) is 93.2 cm³/mol. The van der Waals surface area contributed by atoms with Crippen LogP contribution in [0.3, 0.4) is 0 Å². The summed E-state index contributed by atoms with van der Waals surface area (Å²) in [7, 11) is 0. The van der Waals surface area contributed by atoms with Gasteiger partial charge in [-0.15, -0.1) is 0 Å². The molecular weight excluding hydrogens is 605 g/mol. The van der Waals surface area contributed by atoms with Crippen LogP contribution in [0.4, 0.5) is 46.5 Å². The Balaban J connectivity index is 0. The Kier molecular flexibility index (Phi) is 12.3. The molecule has 0 radical (unpaired) electrons. The minimum Gasteiger partial charge on any atom is -1.00 e. The molecule has 184 valence electrons. The van der Waals surface area contributed by atoms with Crippen LogP contribution in [-0.2, 0) is 0 Å². The standard InChI is InChI=1S/2C7H2F4N4O.HI.H3N/c2*8-2-1(7(12)16)3(9)5(11)6(4(2)10)14-15-13;;/h2*(H2,12,16);1H;1H3. The predicted octanol–water partition coefficient (Wildman–Crippen LogP) is 1.95. The van der Waals surface area contributed by atoms with E-state index in [0.717, 1.165) is 0 Å². The second-order valence-electron chi connectivity index (χ2n) is 5.07. The van der Waals surface area contributed by atoms with Crippen molar-refractivity contribution in [3.05, 3.63) is 78.6 Å². The van der Waals surface area contributed by atoms with Gasteiger partial charge in [-0.1, -0.05) is 10.2 Å². The quantitative estimate of drug-likeness (QED) is 0.118. The number of benzene rings is 2. The molecular formula is C14H8F8IN9O2. The van der Waals surface area contributed by atoms with Crippen LogP contribution >= 0.6 is 0 Å². The highest BCUT2D eigenvalue weighted by Gasteiger charge is 2.28. The number of rotatable bonds is 4. The summed E-state index contributed by atoms with van der Waals surface area (Å²) in [5, 5.41) is 4.85. The number of halogens is 9. The Hall–Kier alpha value is -3.87. The van der Waals surface area contributed by atoms with Crippen LogP contribution in [0.5, 0.6) is 0 Å². The largest absolute Gasteiger partial charge is 1.00 e. The van der Waals surface area contributed by atoms with E-state index in [4.69, 9.17) is 11.1 Å².